The first-order valence-electron chi connectivity index (χ1n) is 10.2. The summed E-state index contributed by atoms with van der Waals surface area (Å²) in [5, 5.41) is 3.78. The second kappa shape index (κ2) is 10.2. The lowest BCUT2D eigenvalue weighted by Crippen LogP contribution is -2.32. The first-order chi connectivity index (χ1) is 14.0. The molecule has 0 atom stereocenters. The predicted octanol–water partition coefficient (Wildman–Crippen LogP) is 5.31. The number of para-hydroxylation sites is 1. The van der Waals surface area contributed by atoms with Crippen molar-refractivity contribution in [1.29, 1.82) is 0 Å². The zero-order valence-electron chi connectivity index (χ0n) is 17.6. The third-order valence-corrected chi connectivity index (χ3v) is 6.72. The zero-order chi connectivity index (χ0) is 20.7. The van der Waals surface area contributed by atoms with Gasteiger partial charge in [0.2, 0.25) is 5.91 Å². The second-order valence-electron chi connectivity index (χ2n) is 8.15. The first-order valence-corrected chi connectivity index (χ1v) is 11.2. The number of ether oxygens (including phenoxy) is 2. The standard InChI is InChI=1S/C24H31NO3S/c1-24(2,16-19-8-4-5-10-22(19)27-3)23(26)25-20-9-6-7-18(15-20)17-29-21-11-13-28-14-12-21/h4-10,15,21H,11-14,16-17H2,1-3H3,(H,25,26). The van der Waals surface area contributed by atoms with Crippen molar-refractivity contribution in [2.24, 2.45) is 5.41 Å². The smallest absolute Gasteiger partial charge is 0.230 e. The molecule has 2 aromatic rings. The van der Waals surface area contributed by atoms with Crippen LogP contribution in [0.3, 0.4) is 0 Å². The fraction of sp³-hybridized carbons (Fsp3) is 0.458. The van der Waals surface area contributed by atoms with Gasteiger partial charge >= 0.3 is 0 Å². The maximum atomic E-state index is 13.0. The minimum atomic E-state index is -0.554. The van der Waals surface area contributed by atoms with Gasteiger partial charge < -0.3 is 14.8 Å². The first kappa shape index (κ1) is 21.7. The summed E-state index contributed by atoms with van der Waals surface area (Å²) in [5.74, 6) is 1.79. The van der Waals surface area contributed by atoms with Crippen molar-refractivity contribution < 1.29 is 14.3 Å². The Bertz CT molecular complexity index is 815. The van der Waals surface area contributed by atoms with Gasteiger partial charge in [-0.05, 0) is 48.6 Å². The second-order valence-corrected chi connectivity index (χ2v) is 9.44. The Hall–Kier alpha value is -1.98. The topological polar surface area (TPSA) is 47.6 Å². The van der Waals surface area contributed by atoms with Crippen molar-refractivity contribution in [2.45, 2.75) is 44.1 Å². The Balaban J connectivity index is 1.60. The van der Waals surface area contributed by atoms with E-state index in [0.717, 1.165) is 48.8 Å². The summed E-state index contributed by atoms with van der Waals surface area (Å²) in [5.41, 5.74) is 2.58. The average molecular weight is 414 g/mol. The van der Waals surface area contributed by atoms with Crippen molar-refractivity contribution in [1.82, 2.24) is 0 Å². The molecule has 0 spiro atoms. The molecule has 1 aliphatic heterocycles. The number of methoxy groups -OCH3 is 1. The SMILES string of the molecule is COc1ccccc1CC(C)(C)C(=O)Nc1cccc(CSC2CCOCC2)c1. The van der Waals surface area contributed by atoms with Crippen LogP contribution < -0.4 is 10.1 Å². The zero-order valence-corrected chi connectivity index (χ0v) is 18.4. The summed E-state index contributed by atoms with van der Waals surface area (Å²) < 4.78 is 10.9. The monoisotopic (exact) mass is 413 g/mol. The van der Waals surface area contributed by atoms with Crippen LogP contribution in [0.2, 0.25) is 0 Å². The molecule has 0 radical (unpaired) electrons. The Labute approximate surface area is 178 Å². The van der Waals surface area contributed by atoms with Gasteiger partial charge in [0.05, 0.1) is 7.11 Å². The fourth-order valence-corrected chi connectivity index (χ4v) is 4.63. The normalized spacial score (nSPS) is 15.1. The molecule has 0 unspecified atom stereocenters. The molecule has 4 nitrogen and oxygen atoms in total. The molecule has 1 fully saturated rings. The van der Waals surface area contributed by atoms with Gasteiger partial charge in [-0.3, -0.25) is 4.79 Å². The van der Waals surface area contributed by atoms with Crippen molar-refractivity contribution in [3.63, 3.8) is 0 Å². The molecule has 1 aliphatic rings. The molecule has 1 saturated heterocycles. The number of hydrogen-bond acceptors (Lipinski definition) is 4. The van der Waals surface area contributed by atoms with Gasteiger partial charge in [-0.15, -0.1) is 0 Å². The van der Waals surface area contributed by atoms with E-state index < -0.39 is 5.41 Å². The van der Waals surface area contributed by atoms with E-state index in [9.17, 15) is 4.79 Å². The Kier molecular flexibility index (Phi) is 7.62. The molecule has 2 aromatic carbocycles. The van der Waals surface area contributed by atoms with Crippen LogP contribution in [0, 0.1) is 5.41 Å². The molecule has 29 heavy (non-hydrogen) atoms. The van der Waals surface area contributed by atoms with Crippen molar-refractivity contribution in [3.8, 4) is 5.75 Å². The molecule has 5 heteroatoms. The highest BCUT2D eigenvalue weighted by Crippen LogP contribution is 2.30. The van der Waals surface area contributed by atoms with E-state index in [1.807, 2.05) is 62.0 Å². The quantitative estimate of drug-likeness (QED) is 0.637. The summed E-state index contributed by atoms with van der Waals surface area (Å²) in [6.45, 7) is 5.68. The summed E-state index contributed by atoms with van der Waals surface area (Å²) in [7, 11) is 1.66. The number of hydrogen-bond donors (Lipinski definition) is 1. The molecular weight excluding hydrogens is 382 g/mol. The number of amides is 1. The van der Waals surface area contributed by atoms with Gasteiger partial charge in [-0.2, -0.15) is 11.8 Å². The summed E-state index contributed by atoms with van der Waals surface area (Å²) >= 11 is 1.98. The molecular formula is C24H31NO3S. The van der Waals surface area contributed by atoms with Crippen molar-refractivity contribution >= 4 is 23.4 Å². The highest BCUT2D eigenvalue weighted by Gasteiger charge is 2.29. The van der Waals surface area contributed by atoms with Crippen LogP contribution in [0.5, 0.6) is 5.75 Å². The third-order valence-electron chi connectivity index (χ3n) is 5.28. The lowest BCUT2D eigenvalue weighted by atomic mass is 9.84. The lowest BCUT2D eigenvalue weighted by molar-refractivity contribution is -0.123. The highest BCUT2D eigenvalue weighted by molar-refractivity contribution is 7.99. The molecule has 156 valence electrons. The lowest BCUT2D eigenvalue weighted by Gasteiger charge is -2.25. The fourth-order valence-electron chi connectivity index (χ4n) is 3.50. The maximum absolute atomic E-state index is 13.0. The minimum Gasteiger partial charge on any atom is -0.496 e. The predicted molar refractivity (Wildman–Crippen MR) is 121 cm³/mol. The van der Waals surface area contributed by atoms with E-state index in [2.05, 4.69) is 17.4 Å². The number of thioether (sulfide) groups is 1. The van der Waals surface area contributed by atoms with E-state index in [0.29, 0.717) is 11.7 Å². The van der Waals surface area contributed by atoms with Crippen LogP contribution in [-0.2, 0) is 21.7 Å². The largest absolute Gasteiger partial charge is 0.496 e. The van der Waals surface area contributed by atoms with Crippen LogP contribution in [0.4, 0.5) is 5.69 Å². The molecule has 0 bridgehead atoms. The average Bonchev–Trinajstić information content (AvgIpc) is 2.73. The number of carbonyl (C=O) groups is 1. The van der Waals surface area contributed by atoms with Gasteiger partial charge in [0.1, 0.15) is 5.75 Å². The summed E-state index contributed by atoms with van der Waals surface area (Å²) in [4.78, 5) is 13.0. The molecule has 0 aliphatic carbocycles. The van der Waals surface area contributed by atoms with Crippen LogP contribution in [0.1, 0.15) is 37.8 Å². The molecule has 0 saturated carbocycles. The highest BCUT2D eigenvalue weighted by atomic mass is 32.2. The van der Waals surface area contributed by atoms with E-state index in [1.54, 1.807) is 7.11 Å². The van der Waals surface area contributed by atoms with E-state index in [-0.39, 0.29) is 5.91 Å². The van der Waals surface area contributed by atoms with E-state index in [4.69, 9.17) is 9.47 Å². The van der Waals surface area contributed by atoms with Crippen molar-refractivity contribution in [3.05, 3.63) is 59.7 Å². The number of benzene rings is 2. The number of rotatable bonds is 8. The molecule has 1 amide bonds. The summed E-state index contributed by atoms with van der Waals surface area (Å²) in [6, 6.07) is 16.1. The van der Waals surface area contributed by atoms with Gasteiger partial charge in [0.25, 0.3) is 0 Å². The van der Waals surface area contributed by atoms with Crippen LogP contribution in [0.25, 0.3) is 0 Å². The maximum Gasteiger partial charge on any atom is 0.230 e. The Morgan fingerprint density at radius 1 is 1.17 bits per heavy atom. The van der Waals surface area contributed by atoms with Gasteiger partial charge in [0, 0.05) is 35.3 Å². The Morgan fingerprint density at radius 3 is 2.69 bits per heavy atom. The van der Waals surface area contributed by atoms with Gasteiger partial charge in [-0.25, -0.2) is 0 Å². The molecule has 1 N–H and O–H groups in total. The Morgan fingerprint density at radius 2 is 1.93 bits per heavy atom. The molecule has 1 heterocycles. The van der Waals surface area contributed by atoms with E-state index >= 15 is 0 Å². The van der Waals surface area contributed by atoms with Gasteiger partial charge in [-0.1, -0.05) is 44.2 Å². The molecule has 3 rings (SSSR count). The van der Waals surface area contributed by atoms with Crippen LogP contribution >= 0.6 is 11.8 Å². The van der Waals surface area contributed by atoms with Crippen LogP contribution in [0.15, 0.2) is 48.5 Å². The van der Waals surface area contributed by atoms with Gasteiger partial charge in [0.15, 0.2) is 0 Å². The number of anilines is 1. The summed E-state index contributed by atoms with van der Waals surface area (Å²) in [6.07, 6.45) is 2.86. The number of nitrogens with one attached hydrogen (secondary N) is 1. The van der Waals surface area contributed by atoms with Crippen LogP contribution in [-0.4, -0.2) is 31.5 Å². The minimum absolute atomic E-state index is 0.0117. The third kappa shape index (κ3) is 6.25. The van der Waals surface area contributed by atoms with Crippen molar-refractivity contribution in [2.75, 3.05) is 25.6 Å². The number of carbonyl (C=O) groups excluding carboxylic acids is 1. The molecule has 0 aromatic heterocycles. The van der Waals surface area contributed by atoms with E-state index in [1.165, 1.54) is 5.56 Å².